The van der Waals surface area contributed by atoms with E-state index in [4.69, 9.17) is 11.6 Å². The normalized spacial score (nSPS) is 10.8. The molecule has 0 bridgehead atoms. The van der Waals surface area contributed by atoms with Crippen LogP contribution < -0.4 is 0 Å². The van der Waals surface area contributed by atoms with Gasteiger partial charge >= 0.3 is 0 Å². The van der Waals surface area contributed by atoms with Crippen LogP contribution >= 0.6 is 11.6 Å². The first-order valence-electron chi connectivity index (χ1n) is 5.80. The maximum atomic E-state index is 11.0. The SMILES string of the molecule is CC(C)c1c(C=O)nnn1-c1ccc(Cl)c([N+](=O)[O-])c1. The third-order valence-electron chi connectivity index (χ3n) is 2.76. The minimum Gasteiger partial charge on any atom is -0.296 e. The van der Waals surface area contributed by atoms with E-state index in [1.54, 1.807) is 6.07 Å². The van der Waals surface area contributed by atoms with E-state index in [1.807, 2.05) is 13.8 Å². The zero-order valence-corrected chi connectivity index (χ0v) is 11.5. The summed E-state index contributed by atoms with van der Waals surface area (Å²) in [6.07, 6.45) is 0.614. The molecule has 0 N–H and O–H groups in total. The van der Waals surface area contributed by atoms with Crippen LogP contribution in [0, 0.1) is 10.1 Å². The van der Waals surface area contributed by atoms with Crippen molar-refractivity contribution in [1.82, 2.24) is 15.0 Å². The van der Waals surface area contributed by atoms with Crippen molar-refractivity contribution in [3.05, 3.63) is 44.7 Å². The topological polar surface area (TPSA) is 90.9 Å². The first-order chi connectivity index (χ1) is 9.45. The number of nitro benzene ring substituents is 1. The number of benzene rings is 1. The van der Waals surface area contributed by atoms with Gasteiger partial charge in [0.15, 0.2) is 6.29 Å². The number of nitrogens with zero attached hydrogens (tertiary/aromatic N) is 4. The van der Waals surface area contributed by atoms with E-state index in [2.05, 4.69) is 10.3 Å². The molecule has 0 amide bonds. The van der Waals surface area contributed by atoms with Crippen LogP contribution in [0.1, 0.15) is 35.9 Å². The highest BCUT2D eigenvalue weighted by atomic mass is 35.5. The number of aromatic nitrogens is 3. The molecule has 104 valence electrons. The molecule has 2 rings (SSSR count). The third-order valence-corrected chi connectivity index (χ3v) is 3.08. The molecule has 1 heterocycles. The van der Waals surface area contributed by atoms with E-state index < -0.39 is 4.92 Å². The molecular formula is C12H11ClN4O3. The van der Waals surface area contributed by atoms with Crippen molar-refractivity contribution in [2.45, 2.75) is 19.8 Å². The van der Waals surface area contributed by atoms with Gasteiger partial charge in [0.1, 0.15) is 10.7 Å². The van der Waals surface area contributed by atoms with Gasteiger partial charge < -0.3 is 0 Å². The fraction of sp³-hybridized carbons (Fsp3) is 0.250. The summed E-state index contributed by atoms with van der Waals surface area (Å²) in [6, 6.07) is 4.31. The largest absolute Gasteiger partial charge is 0.296 e. The van der Waals surface area contributed by atoms with Crippen LogP contribution in [-0.2, 0) is 0 Å². The molecule has 2 aromatic rings. The summed E-state index contributed by atoms with van der Waals surface area (Å²) < 4.78 is 1.41. The molecule has 0 radical (unpaired) electrons. The Hall–Kier alpha value is -2.28. The fourth-order valence-corrected chi connectivity index (χ4v) is 2.08. The van der Waals surface area contributed by atoms with Crippen molar-refractivity contribution < 1.29 is 9.72 Å². The van der Waals surface area contributed by atoms with Crippen molar-refractivity contribution in [3.8, 4) is 5.69 Å². The lowest BCUT2D eigenvalue weighted by Gasteiger charge is -2.09. The Balaban J connectivity index is 2.63. The molecule has 7 nitrogen and oxygen atoms in total. The van der Waals surface area contributed by atoms with Crippen LogP contribution in [0.3, 0.4) is 0 Å². The second-order valence-corrected chi connectivity index (χ2v) is 4.84. The average molecular weight is 295 g/mol. The van der Waals surface area contributed by atoms with E-state index in [0.29, 0.717) is 17.7 Å². The highest BCUT2D eigenvalue weighted by molar-refractivity contribution is 6.32. The predicted octanol–water partition coefficient (Wildman–Crippen LogP) is 2.76. The van der Waals surface area contributed by atoms with Gasteiger partial charge in [0.2, 0.25) is 0 Å². The minimum absolute atomic E-state index is 0.0139. The summed E-state index contributed by atoms with van der Waals surface area (Å²) in [7, 11) is 0. The highest BCUT2D eigenvalue weighted by Crippen LogP contribution is 2.28. The zero-order valence-electron chi connectivity index (χ0n) is 10.8. The maximum absolute atomic E-state index is 11.0. The number of carbonyl (C=O) groups is 1. The fourth-order valence-electron chi connectivity index (χ4n) is 1.89. The van der Waals surface area contributed by atoms with Gasteiger partial charge in [-0.25, -0.2) is 4.68 Å². The van der Waals surface area contributed by atoms with Gasteiger partial charge in [-0.2, -0.15) is 0 Å². The number of halogens is 1. The number of hydrogen-bond acceptors (Lipinski definition) is 5. The Kier molecular flexibility index (Phi) is 3.80. The lowest BCUT2D eigenvalue weighted by atomic mass is 10.1. The van der Waals surface area contributed by atoms with Crippen molar-refractivity contribution in [2.75, 3.05) is 0 Å². The molecule has 1 aromatic heterocycles. The number of carbonyl (C=O) groups excluding carboxylic acids is 1. The number of hydrogen-bond donors (Lipinski definition) is 0. The van der Waals surface area contributed by atoms with E-state index in [-0.39, 0.29) is 22.3 Å². The standard InChI is InChI=1S/C12H11ClN4O3/c1-7(2)12-10(6-18)14-15-16(12)8-3-4-9(13)11(5-8)17(19)20/h3-7H,1-2H3. The van der Waals surface area contributed by atoms with Gasteiger partial charge in [-0.05, 0) is 18.1 Å². The van der Waals surface area contributed by atoms with Gasteiger partial charge in [-0.15, -0.1) is 5.10 Å². The van der Waals surface area contributed by atoms with E-state index >= 15 is 0 Å². The summed E-state index contributed by atoms with van der Waals surface area (Å²) in [6.45, 7) is 3.76. The van der Waals surface area contributed by atoms with E-state index in [1.165, 1.54) is 16.8 Å². The molecule has 0 saturated heterocycles. The van der Waals surface area contributed by atoms with Gasteiger partial charge in [-0.3, -0.25) is 14.9 Å². The molecule has 0 fully saturated rings. The van der Waals surface area contributed by atoms with E-state index in [0.717, 1.165) is 0 Å². The first-order valence-corrected chi connectivity index (χ1v) is 6.18. The summed E-state index contributed by atoms with van der Waals surface area (Å²) in [4.78, 5) is 21.3. The molecule has 0 atom stereocenters. The molecule has 0 aliphatic heterocycles. The van der Waals surface area contributed by atoms with Crippen LogP contribution in [0.5, 0.6) is 0 Å². The molecule has 0 aliphatic rings. The smallest absolute Gasteiger partial charge is 0.290 e. The zero-order chi connectivity index (χ0) is 14.9. The van der Waals surface area contributed by atoms with Crippen molar-refractivity contribution in [3.63, 3.8) is 0 Å². The lowest BCUT2D eigenvalue weighted by molar-refractivity contribution is -0.384. The second kappa shape index (κ2) is 5.38. The Morgan fingerprint density at radius 2 is 2.15 bits per heavy atom. The molecule has 0 unspecified atom stereocenters. The Morgan fingerprint density at radius 1 is 1.45 bits per heavy atom. The quantitative estimate of drug-likeness (QED) is 0.491. The first kappa shape index (κ1) is 14.1. The molecule has 8 heteroatoms. The van der Waals surface area contributed by atoms with Gasteiger partial charge in [-0.1, -0.05) is 30.7 Å². The maximum Gasteiger partial charge on any atom is 0.290 e. The summed E-state index contributed by atoms with van der Waals surface area (Å²) in [5.74, 6) is -0.0139. The average Bonchev–Trinajstić information content (AvgIpc) is 2.82. The van der Waals surface area contributed by atoms with Gasteiger partial charge in [0, 0.05) is 6.07 Å². The van der Waals surface area contributed by atoms with Crippen molar-refractivity contribution in [1.29, 1.82) is 0 Å². The molecule has 0 aliphatic carbocycles. The van der Waals surface area contributed by atoms with Crippen LogP contribution in [0.25, 0.3) is 5.69 Å². The summed E-state index contributed by atoms with van der Waals surface area (Å²) >= 11 is 5.77. The molecule has 20 heavy (non-hydrogen) atoms. The highest BCUT2D eigenvalue weighted by Gasteiger charge is 2.20. The molecule has 0 saturated carbocycles. The Bertz CT molecular complexity index is 681. The predicted molar refractivity (Wildman–Crippen MR) is 72.5 cm³/mol. The molecule has 0 spiro atoms. The Labute approximate surface area is 119 Å². The molecular weight excluding hydrogens is 284 g/mol. The van der Waals surface area contributed by atoms with Crippen LogP contribution in [0.15, 0.2) is 18.2 Å². The number of rotatable bonds is 4. The van der Waals surface area contributed by atoms with Crippen LogP contribution in [0.2, 0.25) is 5.02 Å². The van der Waals surface area contributed by atoms with Crippen molar-refractivity contribution in [2.24, 2.45) is 0 Å². The molecule has 1 aromatic carbocycles. The van der Waals surface area contributed by atoms with E-state index in [9.17, 15) is 14.9 Å². The summed E-state index contributed by atoms with van der Waals surface area (Å²) in [5.41, 5.74) is 1.03. The van der Waals surface area contributed by atoms with Crippen LogP contribution in [-0.4, -0.2) is 26.2 Å². The lowest BCUT2D eigenvalue weighted by Crippen LogP contribution is -2.06. The monoisotopic (exact) mass is 294 g/mol. The Morgan fingerprint density at radius 3 is 2.70 bits per heavy atom. The second-order valence-electron chi connectivity index (χ2n) is 4.44. The van der Waals surface area contributed by atoms with Gasteiger partial charge in [0.25, 0.3) is 5.69 Å². The number of nitro groups is 1. The third kappa shape index (κ3) is 2.39. The van der Waals surface area contributed by atoms with Gasteiger partial charge in [0.05, 0.1) is 16.3 Å². The van der Waals surface area contributed by atoms with Crippen molar-refractivity contribution >= 4 is 23.6 Å². The summed E-state index contributed by atoms with van der Waals surface area (Å²) in [5, 5.41) is 18.6. The minimum atomic E-state index is -0.571. The van der Waals surface area contributed by atoms with Crippen LogP contribution in [0.4, 0.5) is 5.69 Å². The number of aldehydes is 1.